The summed E-state index contributed by atoms with van der Waals surface area (Å²) in [6.45, 7) is 14.1. The van der Waals surface area contributed by atoms with E-state index in [1.54, 1.807) is 0 Å². The van der Waals surface area contributed by atoms with Crippen LogP contribution in [0.2, 0.25) is 0 Å². The Kier molecular flexibility index (Phi) is 3.75. The van der Waals surface area contributed by atoms with Gasteiger partial charge in [0.05, 0.1) is 0 Å². The van der Waals surface area contributed by atoms with E-state index < -0.39 is 0 Å². The highest BCUT2D eigenvalue weighted by Crippen LogP contribution is 2.33. The van der Waals surface area contributed by atoms with Crippen LogP contribution in [0.3, 0.4) is 0 Å². The minimum atomic E-state index is 0.133. The second-order valence-corrected chi connectivity index (χ2v) is 4.25. The molecule has 2 unspecified atom stereocenters. The molecule has 0 bridgehead atoms. The second kappa shape index (κ2) is 4.67. The van der Waals surface area contributed by atoms with E-state index in [-0.39, 0.29) is 12.3 Å². The van der Waals surface area contributed by atoms with Gasteiger partial charge in [-0.1, -0.05) is 31.2 Å². The van der Waals surface area contributed by atoms with Gasteiger partial charge in [0, 0.05) is 13.2 Å². The summed E-state index contributed by atoms with van der Waals surface area (Å²) in [5, 5.41) is 0. The number of nitrogens with zero attached hydrogens (tertiary/aromatic N) is 1. The molecule has 1 rings (SSSR count). The molecule has 1 saturated heterocycles. The molecule has 2 atom stereocenters. The molecule has 0 aromatic rings. The molecule has 84 valence electrons. The highest BCUT2D eigenvalue weighted by atomic mass is 16.6. The molecule has 0 amide bonds. The highest BCUT2D eigenvalue weighted by molar-refractivity contribution is 5.31. The van der Waals surface area contributed by atoms with E-state index in [0.717, 1.165) is 17.6 Å². The summed E-state index contributed by atoms with van der Waals surface area (Å²) in [5.41, 5.74) is 3.37. The van der Waals surface area contributed by atoms with Crippen molar-refractivity contribution >= 4 is 0 Å². The molecule has 0 aliphatic carbocycles. The number of epoxide rings is 1. The Morgan fingerprint density at radius 2 is 2.00 bits per heavy atom. The van der Waals surface area contributed by atoms with Gasteiger partial charge in [-0.3, -0.25) is 0 Å². The van der Waals surface area contributed by atoms with E-state index in [2.05, 4.69) is 38.1 Å². The Hall–Kier alpha value is -1.02. The fraction of sp³-hybridized carbons (Fsp3) is 0.538. The van der Waals surface area contributed by atoms with Gasteiger partial charge in [0.1, 0.15) is 6.10 Å². The van der Waals surface area contributed by atoms with Gasteiger partial charge in [0.2, 0.25) is 0 Å². The number of allylic oxidation sites excluding steroid dienone is 1. The first-order valence-electron chi connectivity index (χ1n) is 5.36. The summed E-state index contributed by atoms with van der Waals surface area (Å²) in [4.78, 5) is 2.11. The van der Waals surface area contributed by atoms with Crippen LogP contribution < -0.4 is 0 Å². The van der Waals surface area contributed by atoms with Crippen LogP contribution >= 0.6 is 0 Å². The molecule has 0 spiro atoms. The average Bonchev–Trinajstić information content (AvgIpc) is 2.95. The van der Waals surface area contributed by atoms with Gasteiger partial charge in [-0.15, -0.1) is 0 Å². The first-order valence-corrected chi connectivity index (χ1v) is 5.36. The second-order valence-electron chi connectivity index (χ2n) is 4.25. The van der Waals surface area contributed by atoms with Crippen LogP contribution in [0.4, 0.5) is 0 Å². The van der Waals surface area contributed by atoms with Crippen LogP contribution in [0, 0.1) is 0 Å². The molecular weight excluding hydrogens is 186 g/mol. The molecule has 1 aliphatic rings. The molecule has 0 aromatic heterocycles. The van der Waals surface area contributed by atoms with Crippen LogP contribution in [0.5, 0.6) is 0 Å². The lowest BCUT2D eigenvalue weighted by Crippen LogP contribution is -2.18. The third-order valence-corrected chi connectivity index (χ3v) is 2.74. The molecule has 1 fully saturated rings. The Labute approximate surface area is 92.9 Å². The molecule has 0 aromatic carbocycles. The van der Waals surface area contributed by atoms with E-state index in [0.29, 0.717) is 0 Å². The van der Waals surface area contributed by atoms with Crippen molar-refractivity contribution in [1.82, 2.24) is 4.90 Å². The Balaban J connectivity index is 2.51. The predicted octanol–water partition coefficient (Wildman–Crippen LogP) is 3.09. The molecule has 0 N–H and O–H groups in total. The summed E-state index contributed by atoms with van der Waals surface area (Å²) < 4.78 is 5.57. The van der Waals surface area contributed by atoms with E-state index in [1.807, 2.05) is 14.0 Å². The molecule has 1 heterocycles. The maximum atomic E-state index is 5.57. The van der Waals surface area contributed by atoms with Crippen molar-refractivity contribution in [3.8, 4) is 0 Å². The van der Waals surface area contributed by atoms with Crippen LogP contribution in [0.15, 0.2) is 36.1 Å². The quantitative estimate of drug-likeness (QED) is 0.508. The van der Waals surface area contributed by atoms with Crippen molar-refractivity contribution in [3.05, 3.63) is 36.1 Å². The zero-order valence-corrected chi connectivity index (χ0v) is 10.2. The zero-order chi connectivity index (χ0) is 11.6. The largest absolute Gasteiger partial charge is 0.353 e. The first kappa shape index (κ1) is 12.1. The van der Waals surface area contributed by atoms with Gasteiger partial charge in [-0.25, -0.2) is 0 Å². The minimum absolute atomic E-state index is 0.133. The number of rotatable bonds is 5. The summed E-state index contributed by atoms with van der Waals surface area (Å²) >= 11 is 0. The SMILES string of the molecule is C=C(C)C(=C)C1OC1N(C)/C=C(/C)CC. The number of hydrogen-bond acceptors (Lipinski definition) is 2. The monoisotopic (exact) mass is 207 g/mol. The number of likely N-dealkylation sites (N-methyl/N-ethyl adjacent to an activating group) is 1. The van der Waals surface area contributed by atoms with Crippen LogP contribution in [0.1, 0.15) is 27.2 Å². The van der Waals surface area contributed by atoms with E-state index >= 15 is 0 Å². The summed E-state index contributed by atoms with van der Waals surface area (Å²) in [7, 11) is 2.04. The maximum absolute atomic E-state index is 5.57. The third-order valence-electron chi connectivity index (χ3n) is 2.74. The van der Waals surface area contributed by atoms with E-state index in [9.17, 15) is 0 Å². The summed E-state index contributed by atoms with van der Waals surface area (Å²) in [6, 6.07) is 0. The highest BCUT2D eigenvalue weighted by Gasteiger charge is 2.43. The fourth-order valence-corrected chi connectivity index (χ4v) is 1.42. The van der Waals surface area contributed by atoms with Gasteiger partial charge >= 0.3 is 0 Å². The molecular formula is C13H21NO. The molecule has 0 radical (unpaired) electrons. The molecule has 0 saturated carbocycles. The van der Waals surface area contributed by atoms with Gasteiger partial charge in [0.15, 0.2) is 6.23 Å². The van der Waals surface area contributed by atoms with Crippen molar-refractivity contribution in [1.29, 1.82) is 0 Å². The fourth-order valence-electron chi connectivity index (χ4n) is 1.42. The predicted molar refractivity (Wildman–Crippen MR) is 64.4 cm³/mol. The summed E-state index contributed by atoms with van der Waals surface area (Å²) in [6.07, 6.45) is 3.49. The maximum Gasteiger partial charge on any atom is 0.161 e. The van der Waals surface area contributed by atoms with Crippen molar-refractivity contribution in [2.45, 2.75) is 39.5 Å². The van der Waals surface area contributed by atoms with Crippen molar-refractivity contribution in [2.75, 3.05) is 7.05 Å². The minimum Gasteiger partial charge on any atom is -0.353 e. The van der Waals surface area contributed by atoms with Crippen LogP contribution in [0.25, 0.3) is 0 Å². The lowest BCUT2D eigenvalue weighted by Gasteiger charge is -2.12. The Morgan fingerprint density at radius 1 is 1.40 bits per heavy atom. The standard InChI is InChI=1S/C13H21NO/c1-7-10(4)8-14(6)13-12(15-13)11(5)9(2)3/h8,12-13H,2,5,7H2,1,3-4,6H3/b10-8-. The van der Waals surface area contributed by atoms with Crippen molar-refractivity contribution < 1.29 is 4.74 Å². The third kappa shape index (κ3) is 2.96. The van der Waals surface area contributed by atoms with Gasteiger partial charge in [-0.2, -0.15) is 0 Å². The van der Waals surface area contributed by atoms with Crippen LogP contribution in [-0.2, 0) is 4.74 Å². The molecule has 1 aliphatic heterocycles. The molecule has 15 heavy (non-hydrogen) atoms. The van der Waals surface area contributed by atoms with Crippen molar-refractivity contribution in [2.24, 2.45) is 0 Å². The van der Waals surface area contributed by atoms with Gasteiger partial charge in [-0.05, 0) is 25.8 Å². The summed E-state index contributed by atoms with van der Waals surface area (Å²) in [5.74, 6) is 0. The van der Waals surface area contributed by atoms with E-state index in [4.69, 9.17) is 4.74 Å². The lowest BCUT2D eigenvalue weighted by atomic mass is 10.1. The van der Waals surface area contributed by atoms with Gasteiger partial charge in [0.25, 0.3) is 0 Å². The molecule has 2 heteroatoms. The van der Waals surface area contributed by atoms with Gasteiger partial charge < -0.3 is 9.64 Å². The Morgan fingerprint density at radius 3 is 2.47 bits per heavy atom. The lowest BCUT2D eigenvalue weighted by molar-refractivity contribution is 0.266. The Bertz CT molecular complexity index is 304. The molecule has 2 nitrogen and oxygen atoms in total. The van der Waals surface area contributed by atoms with E-state index in [1.165, 1.54) is 5.57 Å². The average molecular weight is 207 g/mol. The van der Waals surface area contributed by atoms with Crippen LogP contribution in [-0.4, -0.2) is 24.3 Å². The number of hydrogen-bond donors (Lipinski definition) is 0. The normalized spacial score (nSPS) is 24.9. The number of ether oxygens (including phenoxy) is 1. The topological polar surface area (TPSA) is 15.8 Å². The smallest absolute Gasteiger partial charge is 0.161 e. The zero-order valence-electron chi connectivity index (χ0n) is 10.2. The first-order chi connectivity index (χ1) is 6.97. The van der Waals surface area contributed by atoms with Crippen molar-refractivity contribution in [3.63, 3.8) is 0 Å².